The zero-order chi connectivity index (χ0) is 13.8. The van der Waals surface area contributed by atoms with Gasteiger partial charge in [-0.1, -0.05) is 68.7 Å². The minimum absolute atomic E-state index is 0.197. The molecule has 0 saturated heterocycles. The van der Waals surface area contributed by atoms with Crippen LogP contribution in [0.15, 0.2) is 42.5 Å². The van der Waals surface area contributed by atoms with Gasteiger partial charge in [-0.05, 0) is 18.4 Å². The minimum Gasteiger partial charge on any atom is -0.393 e. The van der Waals surface area contributed by atoms with Gasteiger partial charge in [0.1, 0.15) is 0 Å². The third-order valence-electron chi connectivity index (χ3n) is 3.04. The summed E-state index contributed by atoms with van der Waals surface area (Å²) in [5.74, 6) is 0. The second-order valence-electron chi connectivity index (χ2n) is 4.86. The van der Waals surface area contributed by atoms with Crippen LogP contribution in [0.5, 0.6) is 0 Å². The largest absolute Gasteiger partial charge is 0.393 e. The number of rotatable bonds is 10. The molecule has 0 saturated carbocycles. The first-order chi connectivity index (χ1) is 9.33. The van der Waals surface area contributed by atoms with Gasteiger partial charge in [0.25, 0.3) is 0 Å². The number of hydrogen-bond donors (Lipinski definition) is 1. The normalized spacial score (nSPS) is 12.9. The maximum atomic E-state index is 9.72. The van der Waals surface area contributed by atoms with Crippen molar-refractivity contribution in [3.63, 3.8) is 0 Å². The van der Waals surface area contributed by atoms with Crippen molar-refractivity contribution >= 4 is 0 Å². The van der Waals surface area contributed by atoms with Crippen molar-refractivity contribution < 1.29 is 9.84 Å². The van der Waals surface area contributed by atoms with Gasteiger partial charge in [0, 0.05) is 0 Å². The highest BCUT2D eigenvalue weighted by atomic mass is 16.5. The lowest BCUT2D eigenvalue weighted by Crippen LogP contribution is -2.04. The lowest BCUT2D eigenvalue weighted by molar-refractivity contribution is 0.147. The van der Waals surface area contributed by atoms with Crippen molar-refractivity contribution in [3.8, 4) is 0 Å². The zero-order valence-electron chi connectivity index (χ0n) is 11.9. The Hall–Kier alpha value is -1.12. The van der Waals surface area contributed by atoms with Crippen LogP contribution in [0.2, 0.25) is 0 Å². The molecule has 0 aliphatic rings. The van der Waals surface area contributed by atoms with Crippen molar-refractivity contribution in [3.05, 3.63) is 48.0 Å². The van der Waals surface area contributed by atoms with Crippen molar-refractivity contribution in [1.82, 2.24) is 0 Å². The summed E-state index contributed by atoms with van der Waals surface area (Å²) in [5.41, 5.74) is 1.19. The van der Waals surface area contributed by atoms with Crippen molar-refractivity contribution in [2.75, 3.05) is 6.61 Å². The molecule has 1 atom stereocenters. The van der Waals surface area contributed by atoms with Crippen LogP contribution in [0, 0.1) is 0 Å². The molecule has 0 amide bonds. The van der Waals surface area contributed by atoms with E-state index in [-0.39, 0.29) is 6.10 Å². The highest BCUT2D eigenvalue weighted by Gasteiger charge is 2.00. The summed E-state index contributed by atoms with van der Waals surface area (Å²) in [6, 6.07) is 10.1. The van der Waals surface area contributed by atoms with Gasteiger partial charge < -0.3 is 9.84 Å². The molecule has 1 rings (SSSR count). The van der Waals surface area contributed by atoms with Crippen LogP contribution >= 0.6 is 0 Å². The third-order valence-corrected chi connectivity index (χ3v) is 3.04. The van der Waals surface area contributed by atoms with Gasteiger partial charge in [-0.15, -0.1) is 0 Å². The Kier molecular flexibility index (Phi) is 9.03. The summed E-state index contributed by atoms with van der Waals surface area (Å²) in [4.78, 5) is 0. The summed E-state index contributed by atoms with van der Waals surface area (Å²) < 4.78 is 5.53. The Morgan fingerprint density at radius 1 is 1.16 bits per heavy atom. The lowest BCUT2D eigenvalue weighted by Gasteiger charge is -2.06. The molecule has 0 unspecified atom stereocenters. The molecular weight excluding hydrogens is 236 g/mol. The van der Waals surface area contributed by atoms with E-state index in [1.165, 1.54) is 18.4 Å². The standard InChI is InChI=1S/C17H26O2/c1-2-3-5-12-17(18)13-8-9-14-19-15-16-10-6-4-7-11-16/h4,6-11,17-18H,2-3,5,12-15H2,1H3/b9-8+/t17-/m0/s1. The van der Waals surface area contributed by atoms with E-state index < -0.39 is 0 Å². The summed E-state index contributed by atoms with van der Waals surface area (Å²) in [6.07, 6.45) is 8.99. The van der Waals surface area contributed by atoms with Gasteiger partial charge >= 0.3 is 0 Å². The number of aliphatic hydroxyl groups excluding tert-OH is 1. The molecule has 0 bridgehead atoms. The number of hydrogen-bond acceptors (Lipinski definition) is 2. The van der Waals surface area contributed by atoms with E-state index in [0.29, 0.717) is 13.2 Å². The fourth-order valence-electron chi connectivity index (χ4n) is 1.89. The molecule has 1 N–H and O–H groups in total. The summed E-state index contributed by atoms with van der Waals surface area (Å²) in [6.45, 7) is 3.43. The van der Waals surface area contributed by atoms with E-state index in [1.807, 2.05) is 30.4 Å². The highest BCUT2D eigenvalue weighted by Crippen LogP contribution is 2.07. The lowest BCUT2D eigenvalue weighted by atomic mass is 10.1. The van der Waals surface area contributed by atoms with Crippen molar-refractivity contribution in [1.29, 1.82) is 0 Å². The van der Waals surface area contributed by atoms with E-state index in [0.717, 1.165) is 19.3 Å². The molecule has 2 heteroatoms. The topological polar surface area (TPSA) is 29.5 Å². The van der Waals surface area contributed by atoms with Gasteiger partial charge in [0.15, 0.2) is 0 Å². The monoisotopic (exact) mass is 262 g/mol. The number of aliphatic hydroxyl groups is 1. The molecule has 0 heterocycles. The van der Waals surface area contributed by atoms with Crippen LogP contribution in [-0.4, -0.2) is 17.8 Å². The predicted molar refractivity (Wildman–Crippen MR) is 80.0 cm³/mol. The average Bonchev–Trinajstić information content (AvgIpc) is 2.44. The smallest absolute Gasteiger partial charge is 0.0721 e. The molecule has 0 aliphatic heterocycles. The Labute approximate surface area is 117 Å². The summed E-state index contributed by atoms with van der Waals surface area (Å²) in [7, 11) is 0. The van der Waals surface area contributed by atoms with E-state index in [9.17, 15) is 5.11 Å². The fraction of sp³-hybridized carbons (Fsp3) is 0.529. The van der Waals surface area contributed by atoms with Gasteiger partial charge in [0.2, 0.25) is 0 Å². The molecule has 0 radical (unpaired) electrons. The maximum absolute atomic E-state index is 9.72. The van der Waals surface area contributed by atoms with Crippen LogP contribution in [-0.2, 0) is 11.3 Å². The first-order valence-corrected chi connectivity index (χ1v) is 7.27. The summed E-state index contributed by atoms with van der Waals surface area (Å²) in [5, 5.41) is 9.72. The second kappa shape index (κ2) is 10.8. The van der Waals surface area contributed by atoms with Crippen LogP contribution < -0.4 is 0 Å². The van der Waals surface area contributed by atoms with Crippen molar-refractivity contribution in [2.24, 2.45) is 0 Å². The fourth-order valence-corrected chi connectivity index (χ4v) is 1.89. The molecule has 19 heavy (non-hydrogen) atoms. The molecule has 1 aromatic rings. The average molecular weight is 262 g/mol. The number of unbranched alkanes of at least 4 members (excludes halogenated alkanes) is 2. The minimum atomic E-state index is -0.197. The number of benzene rings is 1. The number of ether oxygens (including phenoxy) is 1. The SMILES string of the molecule is CCCCC[C@H](O)C/C=C/COCc1ccccc1. The van der Waals surface area contributed by atoms with E-state index in [2.05, 4.69) is 19.1 Å². The van der Waals surface area contributed by atoms with Gasteiger partial charge in [-0.25, -0.2) is 0 Å². The molecule has 0 spiro atoms. The molecule has 0 fully saturated rings. The van der Waals surface area contributed by atoms with Gasteiger partial charge in [0.05, 0.1) is 19.3 Å². The highest BCUT2D eigenvalue weighted by molar-refractivity contribution is 5.13. The molecule has 1 aromatic carbocycles. The Balaban J connectivity index is 2.01. The van der Waals surface area contributed by atoms with Crippen LogP contribution in [0.1, 0.15) is 44.6 Å². The molecule has 0 aromatic heterocycles. The van der Waals surface area contributed by atoms with Crippen molar-refractivity contribution in [2.45, 2.75) is 51.7 Å². The molecule has 0 aliphatic carbocycles. The molecule has 2 nitrogen and oxygen atoms in total. The first-order valence-electron chi connectivity index (χ1n) is 7.27. The summed E-state index contributed by atoms with van der Waals surface area (Å²) >= 11 is 0. The van der Waals surface area contributed by atoms with E-state index in [1.54, 1.807) is 0 Å². The quantitative estimate of drug-likeness (QED) is 0.508. The van der Waals surface area contributed by atoms with E-state index >= 15 is 0 Å². The van der Waals surface area contributed by atoms with Crippen LogP contribution in [0.4, 0.5) is 0 Å². The van der Waals surface area contributed by atoms with E-state index in [4.69, 9.17) is 4.74 Å². The third kappa shape index (κ3) is 8.57. The maximum Gasteiger partial charge on any atom is 0.0721 e. The van der Waals surface area contributed by atoms with Gasteiger partial charge in [-0.3, -0.25) is 0 Å². The zero-order valence-corrected chi connectivity index (χ0v) is 11.9. The molecule has 106 valence electrons. The Morgan fingerprint density at radius 3 is 2.68 bits per heavy atom. The molecular formula is C17H26O2. The second-order valence-corrected chi connectivity index (χ2v) is 4.86. The first kappa shape index (κ1) is 15.9. The Bertz CT molecular complexity index is 332. The predicted octanol–water partition coefficient (Wildman–Crippen LogP) is 4.09. The van der Waals surface area contributed by atoms with Gasteiger partial charge in [-0.2, -0.15) is 0 Å². The van der Waals surface area contributed by atoms with Crippen LogP contribution in [0.25, 0.3) is 0 Å². The van der Waals surface area contributed by atoms with Crippen LogP contribution in [0.3, 0.4) is 0 Å². The Morgan fingerprint density at radius 2 is 1.95 bits per heavy atom.